The van der Waals surface area contributed by atoms with Crippen molar-refractivity contribution < 1.29 is 32.7 Å². The summed E-state index contributed by atoms with van der Waals surface area (Å²) in [5.74, 6) is -0.194. The van der Waals surface area contributed by atoms with Crippen molar-refractivity contribution in [3.8, 4) is 11.4 Å². The van der Waals surface area contributed by atoms with Crippen LogP contribution in [0.25, 0.3) is 27.5 Å². The summed E-state index contributed by atoms with van der Waals surface area (Å²) < 4.78 is 38.1. The van der Waals surface area contributed by atoms with Crippen molar-refractivity contribution in [1.29, 1.82) is 0 Å². The first-order valence-corrected chi connectivity index (χ1v) is 16.2. The molecule has 5 aromatic carbocycles. The molecule has 0 saturated carbocycles. The van der Waals surface area contributed by atoms with E-state index in [0.717, 1.165) is 28.4 Å². The monoisotopic (exact) mass is 686 g/mol. The quantitative estimate of drug-likeness (QED) is 0.0283. The molecule has 6 aromatic rings. The molecule has 0 saturated heterocycles. The molecular formula is C31H26N8O7S2. The molecule has 5 N–H and O–H groups in total. The number of azo groups is 2. The van der Waals surface area contributed by atoms with Gasteiger partial charge in [0.1, 0.15) is 22.5 Å². The zero-order valence-electron chi connectivity index (χ0n) is 25.4. The van der Waals surface area contributed by atoms with E-state index in [0.29, 0.717) is 51.1 Å². The Morgan fingerprint density at radius 2 is 1.50 bits per heavy atom. The van der Waals surface area contributed by atoms with E-state index in [-0.39, 0.29) is 21.8 Å². The minimum Gasteiger partial charge on any atom is -0.506 e. The molecule has 0 amide bonds. The lowest BCUT2D eigenvalue weighted by Gasteiger charge is -2.07. The lowest BCUT2D eigenvalue weighted by atomic mass is 10.1. The SMILES string of the molecule is Cc1cc(N=Nc2ccc(N=Nc3ccc(-n4nc5ccc6c(SOOO)cc(S(=O)(=O)O)cc6c5n4)c(O)c3)c(C)c2)c(C)cc1N. The normalized spacial score (nSPS) is 12.3. The maximum Gasteiger partial charge on any atom is 0.294 e. The summed E-state index contributed by atoms with van der Waals surface area (Å²) >= 11 is 0.528. The highest BCUT2D eigenvalue weighted by atomic mass is 32.2. The molecule has 0 atom stereocenters. The van der Waals surface area contributed by atoms with Crippen LogP contribution in [0.4, 0.5) is 28.4 Å². The molecule has 0 bridgehead atoms. The third-order valence-electron chi connectivity index (χ3n) is 7.36. The van der Waals surface area contributed by atoms with Crippen LogP contribution in [-0.4, -0.2) is 38.3 Å². The van der Waals surface area contributed by atoms with Gasteiger partial charge in [-0.1, -0.05) is 11.1 Å². The van der Waals surface area contributed by atoms with Crippen molar-refractivity contribution in [3.63, 3.8) is 0 Å². The molecule has 17 heteroatoms. The number of rotatable bonds is 9. The third-order valence-corrected chi connectivity index (χ3v) is 8.83. The van der Waals surface area contributed by atoms with Crippen LogP contribution < -0.4 is 5.73 Å². The van der Waals surface area contributed by atoms with E-state index < -0.39 is 15.0 Å². The number of benzene rings is 5. The van der Waals surface area contributed by atoms with E-state index in [2.05, 4.69) is 40.0 Å². The molecule has 0 fully saturated rings. The molecule has 0 aliphatic rings. The highest BCUT2D eigenvalue weighted by Crippen LogP contribution is 2.36. The van der Waals surface area contributed by atoms with Crippen LogP contribution in [0.2, 0.25) is 0 Å². The van der Waals surface area contributed by atoms with Crippen molar-refractivity contribution in [2.45, 2.75) is 30.6 Å². The van der Waals surface area contributed by atoms with Crippen molar-refractivity contribution in [2.24, 2.45) is 20.5 Å². The van der Waals surface area contributed by atoms with Gasteiger partial charge in [-0.25, -0.2) is 5.26 Å². The minimum atomic E-state index is -4.61. The molecular weight excluding hydrogens is 661 g/mol. The Hall–Kier alpha value is -5.30. The second-order valence-corrected chi connectivity index (χ2v) is 12.8. The van der Waals surface area contributed by atoms with Crippen molar-refractivity contribution in [1.82, 2.24) is 15.0 Å². The fraction of sp³-hybridized carbons (Fsp3) is 0.0968. The summed E-state index contributed by atoms with van der Waals surface area (Å²) in [5, 5.41) is 50.1. The Kier molecular flexibility index (Phi) is 8.89. The third kappa shape index (κ3) is 6.72. The van der Waals surface area contributed by atoms with Crippen molar-refractivity contribution in [3.05, 3.63) is 89.5 Å². The van der Waals surface area contributed by atoms with Crippen LogP contribution in [-0.2, 0) is 19.5 Å². The zero-order chi connectivity index (χ0) is 34.2. The number of aryl methyl sites for hydroxylation is 3. The van der Waals surface area contributed by atoms with Crippen LogP contribution >= 0.6 is 12.0 Å². The lowest BCUT2D eigenvalue weighted by molar-refractivity contribution is -0.432. The van der Waals surface area contributed by atoms with Gasteiger partial charge in [-0.2, -0.15) is 28.9 Å². The highest BCUT2D eigenvalue weighted by Gasteiger charge is 2.19. The smallest absolute Gasteiger partial charge is 0.294 e. The number of hydrogen-bond acceptors (Lipinski definition) is 14. The van der Waals surface area contributed by atoms with Gasteiger partial charge < -0.3 is 10.8 Å². The number of phenolic OH excluding ortho intramolecular Hbond substituents is 1. The second-order valence-electron chi connectivity index (χ2n) is 10.7. The Morgan fingerprint density at radius 3 is 2.21 bits per heavy atom. The molecule has 0 aliphatic heterocycles. The molecule has 0 aliphatic carbocycles. The lowest BCUT2D eigenvalue weighted by Crippen LogP contribution is -1.99. The Morgan fingerprint density at radius 1 is 0.792 bits per heavy atom. The second kappa shape index (κ2) is 13.1. The van der Waals surface area contributed by atoms with Gasteiger partial charge in [0.25, 0.3) is 10.1 Å². The summed E-state index contributed by atoms with van der Waals surface area (Å²) in [4.78, 5) is 0.961. The van der Waals surface area contributed by atoms with Crippen LogP contribution in [0.5, 0.6) is 5.75 Å². The highest BCUT2D eigenvalue weighted by molar-refractivity contribution is 7.94. The van der Waals surface area contributed by atoms with Gasteiger partial charge in [-0.05, 0) is 98.1 Å². The topological polar surface area (TPSA) is 219 Å². The van der Waals surface area contributed by atoms with Gasteiger partial charge in [-0.3, -0.25) is 4.55 Å². The van der Waals surface area contributed by atoms with E-state index in [1.807, 2.05) is 39.0 Å². The molecule has 1 heterocycles. The average molecular weight is 687 g/mol. The maximum atomic E-state index is 11.9. The number of anilines is 1. The van der Waals surface area contributed by atoms with E-state index in [4.69, 9.17) is 11.0 Å². The fourth-order valence-corrected chi connectivity index (χ4v) is 6.00. The van der Waals surface area contributed by atoms with Gasteiger partial charge in [0.05, 0.1) is 39.7 Å². The van der Waals surface area contributed by atoms with Crippen LogP contribution in [0.3, 0.4) is 0 Å². The van der Waals surface area contributed by atoms with Crippen LogP contribution in [0, 0.1) is 20.8 Å². The first-order valence-electron chi connectivity index (χ1n) is 14.0. The zero-order valence-corrected chi connectivity index (χ0v) is 27.1. The number of hydrogen-bond donors (Lipinski definition) is 4. The minimum absolute atomic E-state index is 0.194. The van der Waals surface area contributed by atoms with E-state index in [9.17, 15) is 18.1 Å². The summed E-state index contributed by atoms with van der Waals surface area (Å²) in [6.45, 7) is 5.71. The van der Waals surface area contributed by atoms with E-state index >= 15 is 0 Å². The summed E-state index contributed by atoms with van der Waals surface area (Å²) in [5.41, 5.74) is 12.5. The standard InChI is InChI=1S/C31H26N8O7S2/c1-16-12-27(18(3)11-24(16)32)36-33-19-4-7-25(17(2)10-19)35-34-20-5-9-28(29(40)13-20)39-37-26-8-6-22-23(31(26)38-39)14-21(48(42,43)44)15-30(22)47-46-45-41/h4-15,40-41H,32H2,1-3H3,(H,42,43,44). The van der Waals surface area contributed by atoms with Gasteiger partial charge >= 0.3 is 0 Å². The Bertz CT molecular complexity index is 2400. The molecule has 6 rings (SSSR count). The number of nitrogens with two attached hydrogens (primary N) is 1. The Labute approximate surface area is 277 Å². The molecule has 1 aromatic heterocycles. The number of fused-ring (bicyclic) bond motifs is 3. The molecule has 0 radical (unpaired) electrons. The molecule has 244 valence electrons. The first kappa shape index (κ1) is 32.6. The van der Waals surface area contributed by atoms with Crippen LogP contribution in [0.1, 0.15) is 16.7 Å². The number of nitrogens with zero attached hydrogens (tertiary/aromatic N) is 7. The van der Waals surface area contributed by atoms with Crippen molar-refractivity contribution >= 4 is 72.4 Å². The van der Waals surface area contributed by atoms with E-state index in [1.165, 1.54) is 16.9 Å². The van der Waals surface area contributed by atoms with E-state index in [1.54, 1.807) is 36.4 Å². The summed E-state index contributed by atoms with van der Waals surface area (Å²) in [7, 11) is -4.61. The number of phenols is 1. The van der Waals surface area contributed by atoms with Gasteiger partial charge in [-0.15, -0.1) is 19.3 Å². The molecule has 15 nitrogen and oxygen atoms in total. The maximum absolute atomic E-state index is 11.9. The number of nitrogen functional groups attached to an aromatic ring is 1. The Balaban J connectivity index is 1.26. The number of aromatic nitrogens is 3. The summed E-state index contributed by atoms with van der Waals surface area (Å²) in [6, 6.07) is 19.4. The van der Waals surface area contributed by atoms with Gasteiger partial charge in [0, 0.05) is 27.4 Å². The summed E-state index contributed by atoms with van der Waals surface area (Å²) in [6.07, 6.45) is 0. The fourth-order valence-electron chi connectivity index (χ4n) is 4.84. The number of aromatic hydroxyl groups is 1. The van der Waals surface area contributed by atoms with Gasteiger partial charge in [0.15, 0.2) is 0 Å². The van der Waals surface area contributed by atoms with Crippen molar-refractivity contribution in [2.75, 3.05) is 5.73 Å². The predicted octanol–water partition coefficient (Wildman–Crippen LogP) is 8.29. The first-order chi connectivity index (χ1) is 22.9. The van der Waals surface area contributed by atoms with Crippen LogP contribution in [0.15, 0.2) is 103 Å². The predicted molar refractivity (Wildman–Crippen MR) is 178 cm³/mol. The molecule has 0 spiro atoms. The van der Waals surface area contributed by atoms with Gasteiger partial charge in [0.2, 0.25) is 0 Å². The molecule has 0 unspecified atom stereocenters. The average Bonchev–Trinajstić information content (AvgIpc) is 3.48. The largest absolute Gasteiger partial charge is 0.506 e. The molecule has 48 heavy (non-hydrogen) atoms.